The fourth-order valence-electron chi connectivity index (χ4n) is 3.04. The summed E-state index contributed by atoms with van der Waals surface area (Å²) in [5.41, 5.74) is 0.680. The van der Waals surface area contributed by atoms with E-state index in [0.717, 1.165) is 25.6 Å². The van der Waals surface area contributed by atoms with Crippen molar-refractivity contribution in [2.75, 3.05) is 25.0 Å². The lowest BCUT2D eigenvalue weighted by Crippen LogP contribution is -2.40. The molecule has 3 nitrogen and oxygen atoms in total. The summed E-state index contributed by atoms with van der Waals surface area (Å²) in [6.07, 6.45) is 6.34. The van der Waals surface area contributed by atoms with E-state index in [1.54, 1.807) is 12.1 Å². The van der Waals surface area contributed by atoms with E-state index in [0.29, 0.717) is 10.8 Å². The number of likely N-dealkylation sites (tertiary alicyclic amines) is 1. The molecule has 2 rings (SSSR count). The summed E-state index contributed by atoms with van der Waals surface area (Å²) in [6.45, 7) is 5.46. The molecule has 0 bridgehead atoms. The SMILES string of the molecule is CC[C@H]1CCCCN1CCCNC(=S)Nc1cccc(F)c1. The van der Waals surface area contributed by atoms with E-state index in [4.69, 9.17) is 12.2 Å². The second-order valence-corrected chi connectivity index (χ2v) is 6.25. The van der Waals surface area contributed by atoms with Crippen molar-refractivity contribution in [1.82, 2.24) is 10.2 Å². The van der Waals surface area contributed by atoms with Gasteiger partial charge in [-0.05, 0) is 62.6 Å². The van der Waals surface area contributed by atoms with Crippen LogP contribution >= 0.6 is 12.2 Å². The average Bonchev–Trinajstić information content (AvgIpc) is 2.52. The van der Waals surface area contributed by atoms with Crippen LogP contribution in [0.25, 0.3) is 0 Å². The van der Waals surface area contributed by atoms with E-state index in [1.165, 1.54) is 44.4 Å². The Kier molecular flexibility index (Phi) is 7.06. The highest BCUT2D eigenvalue weighted by molar-refractivity contribution is 7.80. The molecule has 0 aromatic heterocycles. The largest absolute Gasteiger partial charge is 0.362 e. The first-order valence-corrected chi connectivity index (χ1v) is 8.64. The van der Waals surface area contributed by atoms with Crippen LogP contribution in [0, 0.1) is 5.82 Å². The third kappa shape index (κ3) is 5.54. The number of piperidine rings is 1. The molecular weight excluding hydrogens is 297 g/mol. The second kappa shape index (κ2) is 9.06. The van der Waals surface area contributed by atoms with Gasteiger partial charge in [0.2, 0.25) is 0 Å². The van der Waals surface area contributed by atoms with E-state index >= 15 is 0 Å². The highest BCUT2D eigenvalue weighted by Crippen LogP contribution is 2.19. The van der Waals surface area contributed by atoms with E-state index in [9.17, 15) is 4.39 Å². The lowest BCUT2D eigenvalue weighted by Gasteiger charge is -2.35. The number of hydrogen-bond acceptors (Lipinski definition) is 2. The maximum atomic E-state index is 13.1. The van der Waals surface area contributed by atoms with Crippen molar-refractivity contribution in [2.45, 2.75) is 45.1 Å². The summed E-state index contributed by atoms with van der Waals surface area (Å²) in [6, 6.07) is 7.09. The van der Waals surface area contributed by atoms with Gasteiger partial charge in [-0.15, -0.1) is 0 Å². The van der Waals surface area contributed by atoms with Gasteiger partial charge in [0.25, 0.3) is 0 Å². The Morgan fingerprint density at radius 2 is 2.27 bits per heavy atom. The zero-order chi connectivity index (χ0) is 15.8. The van der Waals surface area contributed by atoms with Crippen molar-refractivity contribution in [3.8, 4) is 0 Å². The highest BCUT2D eigenvalue weighted by atomic mass is 32.1. The monoisotopic (exact) mass is 323 g/mol. The fraction of sp³-hybridized carbons (Fsp3) is 0.588. The number of anilines is 1. The van der Waals surface area contributed by atoms with Gasteiger partial charge >= 0.3 is 0 Å². The molecule has 0 radical (unpaired) electrons. The van der Waals surface area contributed by atoms with E-state index in [2.05, 4.69) is 22.5 Å². The molecule has 1 aromatic rings. The number of benzene rings is 1. The van der Waals surface area contributed by atoms with E-state index in [1.807, 2.05) is 0 Å². The topological polar surface area (TPSA) is 27.3 Å². The van der Waals surface area contributed by atoms with Crippen molar-refractivity contribution in [3.63, 3.8) is 0 Å². The Morgan fingerprint density at radius 1 is 1.41 bits per heavy atom. The highest BCUT2D eigenvalue weighted by Gasteiger charge is 2.19. The zero-order valence-electron chi connectivity index (χ0n) is 13.3. The Bertz CT molecular complexity index is 481. The van der Waals surface area contributed by atoms with Gasteiger partial charge in [-0.25, -0.2) is 4.39 Å². The van der Waals surface area contributed by atoms with Gasteiger partial charge < -0.3 is 15.5 Å². The first-order chi connectivity index (χ1) is 10.7. The third-order valence-corrected chi connectivity index (χ3v) is 4.46. The summed E-state index contributed by atoms with van der Waals surface area (Å²) in [5.74, 6) is -0.261. The summed E-state index contributed by atoms with van der Waals surface area (Å²) in [7, 11) is 0. The number of nitrogens with zero attached hydrogens (tertiary/aromatic N) is 1. The molecule has 0 spiro atoms. The molecule has 0 amide bonds. The zero-order valence-corrected chi connectivity index (χ0v) is 14.1. The van der Waals surface area contributed by atoms with Gasteiger partial charge in [-0.1, -0.05) is 19.4 Å². The van der Waals surface area contributed by atoms with Gasteiger partial charge in [0.15, 0.2) is 5.11 Å². The molecule has 122 valence electrons. The molecule has 0 saturated carbocycles. The number of thiocarbonyl (C=S) groups is 1. The minimum absolute atomic E-state index is 0.261. The summed E-state index contributed by atoms with van der Waals surface area (Å²) >= 11 is 5.24. The third-order valence-electron chi connectivity index (χ3n) is 4.21. The summed E-state index contributed by atoms with van der Waals surface area (Å²) in [5, 5.41) is 6.75. The fourth-order valence-corrected chi connectivity index (χ4v) is 3.26. The number of halogens is 1. The molecule has 1 fully saturated rings. The van der Waals surface area contributed by atoms with E-state index in [-0.39, 0.29) is 5.82 Å². The molecule has 1 aliphatic rings. The average molecular weight is 323 g/mol. The summed E-state index contributed by atoms with van der Waals surface area (Å²) < 4.78 is 13.1. The normalized spacial score (nSPS) is 18.9. The Hall–Kier alpha value is -1.20. The van der Waals surface area contributed by atoms with Gasteiger partial charge in [-0.2, -0.15) is 0 Å². The predicted molar refractivity (Wildman–Crippen MR) is 94.7 cm³/mol. The number of hydrogen-bond donors (Lipinski definition) is 2. The van der Waals surface area contributed by atoms with Crippen LogP contribution < -0.4 is 10.6 Å². The molecule has 1 atom stereocenters. The molecule has 0 unspecified atom stereocenters. The van der Waals surface area contributed by atoms with Gasteiger partial charge in [0.1, 0.15) is 5.82 Å². The lowest BCUT2D eigenvalue weighted by atomic mass is 10.00. The molecule has 1 aliphatic heterocycles. The first kappa shape index (κ1) is 17.2. The standard InChI is InChI=1S/C17H26FN3S/c1-2-16-9-3-4-11-21(16)12-6-10-19-17(22)20-15-8-5-7-14(18)13-15/h5,7-8,13,16H,2-4,6,9-12H2,1H3,(H2,19,20,22)/t16-/m0/s1. The predicted octanol–water partition coefficient (Wildman–Crippen LogP) is 3.77. The number of nitrogens with one attached hydrogen (secondary N) is 2. The Labute approximate surface area is 138 Å². The maximum Gasteiger partial charge on any atom is 0.170 e. The smallest absolute Gasteiger partial charge is 0.170 e. The van der Waals surface area contributed by atoms with Crippen LogP contribution in [0.1, 0.15) is 39.0 Å². The molecule has 0 aliphatic carbocycles. The second-order valence-electron chi connectivity index (χ2n) is 5.84. The molecular formula is C17H26FN3S. The lowest BCUT2D eigenvalue weighted by molar-refractivity contribution is 0.143. The molecule has 2 N–H and O–H groups in total. The Morgan fingerprint density at radius 3 is 3.05 bits per heavy atom. The maximum absolute atomic E-state index is 13.1. The van der Waals surface area contributed by atoms with Crippen LogP contribution in [0.4, 0.5) is 10.1 Å². The van der Waals surface area contributed by atoms with Crippen molar-refractivity contribution < 1.29 is 4.39 Å². The van der Waals surface area contributed by atoms with Crippen LogP contribution in [-0.2, 0) is 0 Å². The number of rotatable bonds is 6. The summed E-state index contributed by atoms with van der Waals surface area (Å²) in [4.78, 5) is 2.61. The van der Waals surface area contributed by atoms with Crippen molar-refractivity contribution >= 4 is 23.0 Å². The minimum Gasteiger partial charge on any atom is -0.362 e. The van der Waals surface area contributed by atoms with Gasteiger partial charge in [0.05, 0.1) is 0 Å². The van der Waals surface area contributed by atoms with Gasteiger partial charge in [0, 0.05) is 24.8 Å². The molecule has 1 saturated heterocycles. The van der Waals surface area contributed by atoms with Crippen LogP contribution in [0.15, 0.2) is 24.3 Å². The first-order valence-electron chi connectivity index (χ1n) is 8.23. The van der Waals surface area contributed by atoms with Crippen LogP contribution in [-0.4, -0.2) is 35.7 Å². The quantitative estimate of drug-likeness (QED) is 0.616. The van der Waals surface area contributed by atoms with Crippen LogP contribution in [0.5, 0.6) is 0 Å². The van der Waals surface area contributed by atoms with Gasteiger partial charge in [-0.3, -0.25) is 0 Å². The van der Waals surface area contributed by atoms with Crippen molar-refractivity contribution in [2.24, 2.45) is 0 Å². The van der Waals surface area contributed by atoms with Crippen LogP contribution in [0.3, 0.4) is 0 Å². The molecule has 5 heteroatoms. The Balaban J connectivity index is 1.64. The van der Waals surface area contributed by atoms with Crippen LogP contribution in [0.2, 0.25) is 0 Å². The molecule has 1 aromatic carbocycles. The molecule has 22 heavy (non-hydrogen) atoms. The van der Waals surface area contributed by atoms with E-state index < -0.39 is 0 Å². The minimum atomic E-state index is -0.261. The van der Waals surface area contributed by atoms with Crippen molar-refractivity contribution in [3.05, 3.63) is 30.1 Å². The van der Waals surface area contributed by atoms with Crippen molar-refractivity contribution in [1.29, 1.82) is 0 Å². The molecule has 1 heterocycles.